The second-order valence-electron chi connectivity index (χ2n) is 4.35. The standard InChI is InChI=1S/C11H15FN2O2/c1-11(2,5-6-13)8-3-4-10(14(15)16)9(12)7-8/h3-4,7H,5-6,13H2,1-2H3. The van der Waals surface area contributed by atoms with Crippen LogP contribution in [0.2, 0.25) is 0 Å². The Balaban J connectivity index is 3.10. The molecule has 0 saturated carbocycles. The lowest BCUT2D eigenvalue weighted by molar-refractivity contribution is -0.387. The molecule has 0 heterocycles. The van der Waals surface area contributed by atoms with Crippen LogP contribution < -0.4 is 5.73 Å². The minimum atomic E-state index is -0.799. The number of benzene rings is 1. The van der Waals surface area contributed by atoms with E-state index in [2.05, 4.69) is 0 Å². The maximum absolute atomic E-state index is 13.4. The zero-order chi connectivity index (χ0) is 12.3. The van der Waals surface area contributed by atoms with Crippen molar-refractivity contribution in [2.75, 3.05) is 6.54 Å². The van der Waals surface area contributed by atoms with E-state index in [4.69, 9.17) is 5.73 Å². The van der Waals surface area contributed by atoms with E-state index in [0.29, 0.717) is 13.0 Å². The monoisotopic (exact) mass is 226 g/mol. The van der Waals surface area contributed by atoms with Crippen LogP contribution in [0.4, 0.5) is 10.1 Å². The molecule has 2 N–H and O–H groups in total. The predicted octanol–water partition coefficient (Wildman–Crippen LogP) is 2.36. The zero-order valence-electron chi connectivity index (χ0n) is 9.37. The summed E-state index contributed by atoms with van der Waals surface area (Å²) in [4.78, 5) is 9.73. The molecule has 16 heavy (non-hydrogen) atoms. The van der Waals surface area contributed by atoms with Crippen molar-refractivity contribution < 1.29 is 9.31 Å². The number of nitro benzene ring substituents is 1. The van der Waals surface area contributed by atoms with Crippen molar-refractivity contribution in [3.63, 3.8) is 0 Å². The molecule has 0 unspecified atom stereocenters. The van der Waals surface area contributed by atoms with Gasteiger partial charge in [-0.05, 0) is 30.0 Å². The fourth-order valence-electron chi connectivity index (χ4n) is 1.58. The van der Waals surface area contributed by atoms with Gasteiger partial charge in [0, 0.05) is 6.07 Å². The van der Waals surface area contributed by atoms with Crippen molar-refractivity contribution in [1.82, 2.24) is 0 Å². The molecule has 0 spiro atoms. The third-order valence-electron chi connectivity index (χ3n) is 2.70. The summed E-state index contributed by atoms with van der Waals surface area (Å²) in [5.74, 6) is -0.799. The smallest absolute Gasteiger partial charge is 0.304 e. The van der Waals surface area contributed by atoms with Crippen molar-refractivity contribution in [2.24, 2.45) is 5.73 Å². The van der Waals surface area contributed by atoms with Crippen molar-refractivity contribution >= 4 is 5.69 Å². The fraction of sp³-hybridized carbons (Fsp3) is 0.455. The average molecular weight is 226 g/mol. The summed E-state index contributed by atoms with van der Waals surface area (Å²) in [6.07, 6.45) is 0.699. The van der Waals surface area contributed by atoms with Crippen molar-refractivity contribution in [2.45, 2.75) is 25.7 Å². The molecule has 88 valence electrons. The van der Waals surface area contributed by atoms with E-state index in [-0.39, 0.29) is 5.41 Å². The summed E-state index contributed by atoms with van der Waals surface area (Å²) in [7, 11) is 0. The van der Waals surface area contributed by atoms with Crippen LogP contribution in [0.3, 0.4) is 0 Å². The van der Waals surface area contributed by atoms with Crippen LogP contribution in [0, 0.1) is 15.9 Å². The number of nitrogens with two attached hydrogens (primary N) is 1. The predicted molar refractivity (Wildman–Crippen MR) is 59.8 cm³/mol. The molecule has 0 aliphatic carbocycles. The van der Waals surface area contributed by atoms with Gasteiger partial charge < -0.3 is 5.73 Å². The van der Waals surface area contributed by atoms with E-state index >= 15 is 0 Å². The lowest BCUT2D eigenvalue weighted by Gasteiger charge is -2.24. The van der Waals surface area contributed by atoms with Gasteiger partial charge in [-0.25, -0.2) is 0 Å². The molecule has 0 saturated heterocycles. The van der Waals surface area contributed by atoms with Gasteiger partial charge in [-0.3, -0.25) is 10.1 Å². The molecule has 1 aromatic rings. The first-order chi connectivity index (χ1) is 7.38. The van der Waals surface area contributed by atoms with Crippen LogP contribution in [-0.2, 0) is 5.41 Å². The minimum Gasteiger partial charge on any atom is -0.330 e. The number of nitro groups is 1. The first-order valence-corrected chi connectivity index (χ1v) is 5.03. The fourth-order valence-corrected chi connectivity index (χ4v) is 1.58. The second-order valence-corrected chi connectivity index (χ2v) is 4.35. The van der Waals surface area contributed by atoms with Crippen LogP contribution in [-0.4, -0.2) is 11.5 Å². The molecule has 5 heteroatoms. The van der Waals surface area contributed by atoms with Crippen LogP contribution in [0.15, 0.2) is 18.2 Å². The molecule has 0 fully saturated rings. The summed E-state index contributed by atoms with van der Waals surface area (Å²) in [6.45, 7) is 4.35. The van der Waals surface area contributed by atoms with Gasteiger partial charge in [0.15, 0.2) is 0 Å². The van der Waals surface area contributed by atoms with Crippen LogP contribution >= 0.6 is 0 Å². The molecule has 0 aromatic heterocycles. The lowest BCUT2D eigenvalue weighted by Crippen LogP contribution is -2.21. The van der Waals surface area contributed by atoms with E-state index in [1.807, 2.05) is 13.8 Å². The van der Waals surface area contributed by atoms with E-state index in [9.17, 15) is 14.5 Å². The van der Waals surface area contributed by atoms with Crippen molar-refractivity contribution in [1.29, 1.82) is 0 Å². The summed E-state index contributed by atoms with van der Waals surface area (Å²) in [5.41, 5.74) is 5.42. The topological polar surface area (TPSA) is 69.2 Å². The van der Waals surface area contributed by atoms with Gasteiger partial charge in [0.2, 0.25) is 5.82 Å². The Morgan fingerprint density at radius 3 is 2.56 bits per heavy atom. The number of rotatable bonds is 4. The largest absolute Gasteiger partial charge is 0.330 e. The summed E-state index contributed by atoms with van der Waals surface area (Å²) in [5, 5.41) is 10.5. The Labute approximate surface area is 93.4 Å². The number of halogens is 1. The van der Waals surface area contributed by atoms with Crippen molar-refractivity contribution in [3.8, 4) is 0 Å². The quantitative estimate of drug-likeness (QED) is 0.633. The maximum Gasteiger partial charge on any atom is 0.304 e. The summed E-state index contributed by atoms with van der Waals surface area (Å²) in [6, 6.07) is 3.99. The SMILES string of the molecule is CC(C)(CCN)c1ccc([N+](=O)[O-])c(F)c1. The highest BCUT2D eigenvalue weighted by atomic mass is 19.1. The Hall–Kier alpha value is -1.49. The molecule has 0 atom stereocenters. The van der Waals surface area contributed by atoms with E-state index in [0.717, 1.165) is 5.56 Å². The van der Waals surface area contributed by atoms with Crippen LogP contribution in [0.25, 0.3) is 0 Å². The average Bonchev–Trinajstić information content (AvgIpc) is 2.16. The first kappa shape index (κ1) is 12.6. The summed E-state index contributed by atoms with van der Waals surface area (Å²) < 4.78 is 13.4. The van der Waals surface area contributed by atoms with Gasteiger partial charge in [-0.1, -0.05) is 19.9 Å². The molecule has 0 bridgehead atoms. The molecular weight excluding hydrogens is 211 g/mol. The van der Waals surface area contributed by atoms with Gasteiger partial charge in [-0.15, -0.1) is 0 Å². The zero-order valence-corrected chi connectivity index (χ0v) is 9.37. The normalized spacial score (nSPS) is 11.5. The Morgan fingerprint density at radius 2 is 2.12 bits per heavy atom. The van der Waals surface area contributed by atoms with E-state index in [1.165, 1.54) is 12.1 Å². The van der Waals surface area contributed by atoms with Crippen molar-refractivity contribution in [3.05, 3.63) is 39.7 Å². The van der Waals surface area contributed by atoms with Crippen LogP contribution in [0.1, 0.15) is 25.8 Å². The molecule has 4 nitrogen and oxygen atoms in total. The van der Waals surface area contributed by atoms with Gasteiger partial charge in [0.05, 0.1) is 4.92 Å². The molecular formula is C11H15FN2O2. The Bertz CT molecular complexity index is 405. The molecule has 0 aliphatic rings. The maximum atomic E-state index is 13.4. The highest BCUT2D eigenvalue weighted by Gasteiger charge is 2.23. The first-order valence-electron chi connectivity index (χ1n) is 5.03. The Morgan fingerprint density at radius 1 is 1.50 bits per heavy atom. The van der Waals surface area contributed by atoms with Gasteiger partial charge in [-0.2, -0.15) is 4.39 Å². The molecule has 0 aliphatic heterocycles. The minimum absolute atomic E-state index is 0.273. The third kappa shape index (κ3) is 2.55. The second kappa shape index (κ2) is 4.57. The Kier molecular flexibility index (Phi) is 3.59. The van der Waals surface area contributed by atoms with E-state index < -0.39 is 16.4 Å². The highest BCUT2D eigenvalue weighted by Crippen LogP contribution is 2.29. The molecule has 0 radical (unpaired) electrons. The van der Waals surface area contributed by atoms with E-state index in [1.54, 1.807) is 6.07 Å². The van der Waals surface area contributed by atoms with Gasteiger partial charge in [0.25, 0.3) is 0 Å². The third-order valence-corrected chi connectivity index (χ3v) is 2.70. The lowest BCUT2D eigenvalue weighted by atomic mass is 9.81. The molecule has 1 aromatic carbocycles. The number of hydrogen-bond acceptors (Lipinski definition) is 3. The number of nitrogens with zero attached hydrogens (tertiary/aromatic N) is 1. The molecule has 1 rings (SSSR count). The summed E-state index contributed by atoms with van der Waals surface area (Å²) >= 11 is 0. The highest BCUT2D eigenvalue weighted by molar-refractivity contribution is 5.37. The van der Waals surface area contributed by atoms with Gasteiger partial charge in [0.1, 0.15) is 0 Å². The van der Waals surface area contributed by atoms with Gasteiger partial charge >= 0.3 is 5.69 Å². The number of hydrogen-bond donors (Lipinski definition) is 1. The molecule has 0 amide bonds. The van der Waals surface area contributed by atoms with Crippen LogP contribution in [0.5, 0.6) is 0 Å².